The lowest BCUT2D eigenvalue weighted by molar-refractivity contribution is -0.305. The Kier molecular flexibility index (Phi) is 4.43. The summed E-state index contributed by atoms with van der Waals surface area (Å²) in [7, 11) is 0. The van der Waals surface area contributed by atoms with Crippen molar-refractivity contribution >= 4 is 23.4 Å². The van der Waals surface area contributed by atoms with Gasteiger partial charge in [-0.1, -0.05) is 11.6 Å². The van der Waals surface area contributed by atoms with Gasteiger partial charge in [-0.25, -0.2) is 4.39 Å². The summed E-state index contributed by atoms with van der Waals surface area (Å²) < 4.78 is 13.0. The van der Waals surface area contributed by atoms with Crippen molar-refractivity contribution in [1.82, 2.24) is 0 Å². The minimum atomic E-state index is -1.20. The Hall–Kier alpha value is -1.42. The van der Waals surface area contributed by atoms with E-state index in [-0.39, 0.29) is 35.6 Å². The van der Waals surface area contributed by atoms with Gasteiger partial charge in [-0.15, -0.1) is 0 Å². The molecule has 0 saturated carbocycles. The Bertz CT molecular complexity index is 418. The minimum Gasteiger partial charge on any atom is -0.550 e. The van der Waals surface area contributed by atoms with E-state index in [0.717, 1.165) is 6.07 Å². The second-order valence-corrected chi connectivity index (χ2v) is 3.68. The molecule has 86 valence electrons. The average molecular weight is 244 g/mol. The Morgan fingerprint density at radius 3 is 2.56 bits per heavy atom. The second kappa shape index (κ2) is 5.61. The molecule has 1 aromatic carbocycles. The molecule has 0 radical (unpaired) electrons. The van der Waals surface area contributed by atoms with Crippen molar-refractivity contribution in [2.45, 2.75) is 19.3 Å². The maximum Gasteiger partial charge on any atom is 0.162 e. The standard InChI is InChI=1S/C11H10ClFO3/c12-8-5-4-7(6-9(8)13)10(14)2-1-3-11(15)16/h4-6H,1-3H2,(H,15,16)/p-1. The van der Waals surface area contributed by atoms with E-state index in [2.05, 4.69) is 0 Å². The lowest BCUT2D eigenvalue weighted by Gasteiger charge is -2.03. The summed E-state index contributed by atoms with van der Waals surface area (Å²) in [5.74, 6) is -2.17. The third kappa shape index (κ3) is 3.62. The number of ketones is 1. The SMILES string of the molecule is O=C([O-])CCCC(=O)c1ccc(Cl)c(F)c1. The molecule has 0 unspecified atom stereocenters. The zero-order chi connectivity index (χ0) is 12.1. The van der Waals surface area contributed by atoms with Crippen molar-refractivity contribution in [3.05, 3.63) is 34.6 Å². The van der Waals surface area contributed by atoms with Gasteiger partial charge in [0.25, 0.3) is 0 Å². The highest BCUT2D eigenvalue weighted by Crippen LogP contribution is 2.17. The number of Topliss-reactive ketones (excluding diaryl/α,β-unsaturated/α-hetero) is 1. The first-order chi connectivity index (χ1) is 7.50. The predicted molar refractivity (Wildman–Crippen MR) is 54.6 cm³/mol. The van der Waals surface area contributed by atoms with Gasteiger partial charge in [0.1, 0.15) is 5.82 Å². The fourth-order valence-electron chi connectivity index (χ4n) is 1.21. The zero-order valence-corrected chi connectivity index (χ0v) is 9.09. The number of halogens is 2. The van der Waals surface area contributed by atoms with Gasteiger partial charge in [0.15, 0.2) is 5.78 Å². The molecule has 0 atom stereocenters. The van der Waals surface area contributed by atoms with Crippen molar-refractivity contribution in [1.29, 1.82) is 0 Å². The monoisotopic (exact) mass is 243 g/mol. The van der Waals surface area contributed by atoms with Crippen LogP contribution in [0, 0.1) is 5.82 Å². The van der Waals surface area contributed by atoms with E-state index in [4.69, 9.17) is 11.6 Å². The Balaban J connectivity index is 2.59. The number of hydrogen-bond donors (Lipinski definition) is 0. The van der Waals surface area contributed by atoms with Crippen LogP contribution in [0.4, 0.5) is 4.39 Å². The van der Waals surface area contributed by atoms with Crippen LogP contribution in [0.5, 0.6) is 0 Å². The maximum atomic E-state index is 13.0. The third-order valence-electron chi connectivity index (χ3n) is 2.03. The quantitative estimate of drug-likeness (QED) is 0.738. The summed E-state index contributed by atoms with van der Waals surface area (Å²) in [4.78, 5) is 21.6. The number of carbonyl (C=O) groups excluding carboxylic acids is 2. The first-order valence-electron chi connectivity index (χ1n) is 4.69. The molecular weight excluding hydrogens is 235 g/mol. The highest BCUT2D eigenvalue weighted by molar-refractivity contribution is 6.30. The lowest BCUT2D eigenvalue weighted by atomic mass is 10.1. The van der Waals surface area contributed by atoms with Gasteiger partial charge in [0.2, 0.25) is 0 Å². The molecule has 3 nitrogen and oxygen atoms in total. The smallest absolute Gasteiger partial charge is 0.162 e. The van der Waals surface area contributed by atoms with Crippen LogP contribution in [0.25, 0.3) is 0 Å². The molecule has 0 spiro atoms. The zero-order valence-electron chi connectivity index (χ0n) is 8.33. The summed E-state index contributed by atoms with van der Waals surface area (Å²) in [5, 5.41) is 10.1. The fraction of sp³-hybridized carbons (Fsp3) is 0.273. The molecule has 0 amide bonds. The summed E-state index contributed by atoms with van der Waals surface area (Å²) in [6.45, 7) is 0. The third-order valence-corrected chi connectivity index (χ3v) is 2.33. The first-order valence-corrected chi connectivity index (χ1v) is 5.06. The number of aliphatic carboxylic acids is 1. The molecular formula is C11H9ClFO3-. The number of hydrogen-bond acceptors (Lipinski definition) is 3. The minimum absolute atomic E-state index is 0.0497. The molecule has 0 saturated heterocycles. The number of benzene rings is 1. The Morgan fingerprint density at radius 2 is 2.00 bits per heavy atom. The summed E-state index contributed by atoms with van der Waals surface area (Å²) in [5.41, 5.74) is 0.195. The van der Waals surface area contributed by atoms with Crippen molar-refractivity contribution in [2.24, 2.45) is 0 Å². The van der Waals surface area contributed by atoms with E-state index in [1.807, 2.05) is 0 Å². The van der Waals surface area contributed by atoms with Crippen LogP contribution in [0.15, 0.2) is 18.2 Å². The van der Waals surface area contributed by atoms with Crippen molar-refractivity contribution in [3.63, 3.8) is 0 Å². The van der Waals surface area contributed by atoms with Gasteiger partial charge in [0, 0.05) is 18.0 Å². The molecule has 0 aliphatic carbocycles. The van der Waals surface area contributed by atoms with Crippen LogP contribution in [0.3, 0.4) is 0 Å². The van der Waals surface area contributed by atoms with Gasteiger partial charge >= 0.3 is 0 Å². The van der Waals surface area contributed by atoms with Crippen LogP contribution in [-0.4, -0.2) is 11.8 Å². The lowest BCUT2D eigenvalue weighted by Crippen LogP contribution is -2.21. The van der Waals surface area contributed by atoms with E-state index in [1.165, 1.54) is 12.1 Å². The predicted octanol–water partition coefficient (Wildman–Crippen LogP) is 1.58. The number of rotatable bonds is 5. The van der Waals surface area contributed by atoms with E-state index < -0.39 is 11.8 Å². The second-order valence-electron chi connectivity index (χ2n) is 3.28. The molecule has 0 aliphatic heterocycles. The van der Waals surface area contributed by atoms with Gasteiger partial charge in [-0.05, 0) is 31.0 Å². The van der Waals surface area contributed by atoms with Gasteiger partial charge in [-0.3, -0.25) is 4.79 Å². The topological polar surface area (TPSA) is 57.2 Å². The average Bonchev–Trinajstić information content (AvgIpc) is 2.21. The first kappa shape index (κ1) is 12.6. The van der Waals surface area contributed by atoms with Crippen molar-refractivity contribution in [3.8, 4) is 0 Å². The molecule has 16 heavy (non-hydrogen) atoms. The largest absolute Gasteiger partial charge is 0.550 e. The van der Waals surface area contributed by atoms with E-state index in [1.54, 1.807) is 0 Å². The van der Waals surface area contributed by atoms with Gasteiger partial charge in [0.05, 0.1) is 5.02 Å². The Labute approximate surface area is 96.8 Å². The normalized spacial score (nSPS) is 10.1. The number of carboxylic acid groups (broad SMARTS) is 1. The molecule has 0 aliphatic rings. The summed E-state index contributed by atoms with van der Waals surface area (Å²) in [6, 6.07) is 3.75. The molecule has 1 aromatic rings. The van der Waals surface area contributed by atoms with Gasteiger partial charge in [-0.2, -0.15) is 0 Å². The fourth-order valence-corrected chi connectivity index (χ4v) is 1.32. The number of carbonyl (C=O) groups is 2. The van der Waals surface area contributed by atoms with E-state index >= 15 is 0 Å². The molecule has 5 heteroatoms. The van der Waals surface area contributed by atoms with Crippen molar-refractivity contribution < 1.29 is 19.1 Å². The van der Waals surface area contributed by atoms with Crippen molar-refractivity contribution in [2.75, 3.05) is 0 Å². The Morgan fingerprint density at radius 1 is 1.31 bits per heavy atom. The number of carboxylic acids is 1. The molecule has 0 bridgehead atoms. The van der Waals surface area contributed by atoms with Crippen LogP contribution in [0.1, 0.15) is 29.6 Å². The van der Waals surface area contributed by atoms with E-state index in [0.29, 0.717) is 0 Å². The van der Waals surface area contributed by atoms with Gasteiger partial charge < -0.3 is 9.90 Å². The molecule has 0 heterocycles. The van der Waals surface area contributed by atoms with E-state index in [9.17, 15) is 19.1 Å². The highest BCUT2D eigenvalue weighted by Gasteiger charge is 2.08. The summed E-state index contributed by atoms with van der Waals surface area (Å²) >= 11 is 5.46. The maximum absolute atomic E-state index is 13.0. The summed E-state index contributed by atoms with van der Waals surface area (Å²) in [6.07, 6.45) is 0.0578. The molecule has 0 N–H and O–H groups in total. The van der Waals surface area contributed by atoms with Crippen LogP contribution in [-0.2, 0) is 4.79 Å². The van der Waals surface area contributed by atoms with Crippen LogP contribution in [0.2, 0.25) is 5.02 Å². The molecule has 0 fully saturated rings. The van der Waals surface area contributed by atoms with Crippen LogP contribution >= 0.6 is 11.6 Å². The highest BCUT2D eigenvalue weighted by atomic mass is 35.5. The molecule has 0 aromatic heterocycles. The van der Waals surface area contributed by atoms with Crippen LogP contribution < -0.4 is 5.11 Å². The molecule has 1 rings (SSSR count).